The van der Waals surface area contributed by atoms with E-state index in [9.17, 15) is 0 Å². The first-order valence-corrected chi connectivity index (χ1v) is 5.48. The molecule has 12 heavy (non-hydrogen) atoms. The summed E-state index contributed by atoms with van der Waals surface area (Å²) in [6.45, 7) is 9.24. The molecule has 0 N–H and O–H groups in total. The predicted molar refractivity (Wildman–Crippen MR) is 54.8 cm³/mol. The van der Waals surface area contributed by atoms with Crippen molar-refractivity contribution < 1.29 is 0 Å². The van der Waals surface area contributed by atoms with Gasteiger partial charge in [0.05, 0.1) is 0 Å². The lowest BCUT2D eigenvalue weighted by atomic mass is 9.93. The molecule has 0 heterocycles. The average molecular weight is 167 g/mol. The Morgan fingerprint density at radius 3 is 2.33 bits per heavy atom. The molecule has 0 bridgehead atoms. The van der Waals surface area contributed by atoms with Crippen LogP contribution in [0, 0.1) is 30.1 Å². The highest BCUT2D eigenvalue weighted by Crippen LogP contribution is 2.45. The second kappa shape index (κ2) is 4.30. The van der Waals surface area contributed by atoms with E-state index in [0.29, 0.717) is 0 Å². The summed E-state index contributed by atoms with van der Waals surface area (Å²) in [5, 5.41) is 0. The molecule has 1 aliphatic carbocycles. The van der Waals surface area contributed by atoms with Crippen LogP contribution in [0.4, 0.5) is 0 Å². The minimum atomic E-state index is 0.763. The highest BCUT2D eigenvalue weighted by atomic mass is 14.4. The van der Waals surface area contributed by atoms with Gasteiger partial charge in [-0.15, -0.1) is 0 Å². The van der Waals surface area contributed by atoms with Gasteiger partial charge in [-0.1, -0.05) is 40.5 Å². The molecule has 1 saturated carbocycles. The standard InChI is InChI=1S/C12H23/c1-5-11-8-12(11)7-10(4)6-9(2)3/h6,9-12H,5,7-8H2,1-4H3/q-1. The van der Waals surface area contributed by atoms with Crippen LogP contribution in [-0.2, 0) is 0 Å². The first-order valence-electron chi connectivity index (χ1n) is 5.48. The van der Waals surface area contributed by atoms with Gasteiger partial charge < -0.3 is 6.42 Å². The van der Waals surface area contributed by atoms with Crippen molar-refractivity contribution in [3.63, 3.8) is 0 Å². The average Bonchev–Trinajstić information content (AvgIpc) is 2.65. The summed E-state index contributed by atoms with van der Waals surface area (Å²) in [7, 11) is 0. The SMILES string of the molecule is CCC1CC1CC(C)[CH-]C(C)C. The van der Waals surface area contributed by atoms with Crippen molar-refractivity contribution in [1.29, 1.82) is 0 Å². The summed E-state index contributed by atoms with van der Waals surface area (Å²) < 4.78 is 0. The molecule has 3 unspecified atom stereocenters. The second-order valence-electron chi connectivity index (χ2n) is 4.81. The van der Waals surface area contributed by atoms with E-state index in [2.05, 4.69) is 34.1 Å². The summed E-state index contributed by atoms with van der Waals surface area (Å²) >= 11 is 0. The van der Waals surface area contributed by atoms with Gasteiger partial charge in [-0.05, 0) is 18.3 Å². The van der Waals surface area contributed by atoms with Gasteiger partial charge in [0.2, 0.25) is 0 Å². The molecular weight excluding hydrogens is 144 g/mol. The van der Waals surface area contributed by atoms with Crippen LogP contribution >= 0.6 is 0 Å². The molecule has 0 nitrogen and oxygen atoms in total. The lowest BCUT2D eigenvalue weighted by Gasteiger charge is -2.25. The molecule has 72 valence electrons. The van der Waals surface area contributed by atoms with Crippen molar-refractivity contribution in [3.8, 4) is 0 Å². The van der Waals surface area contributed by atoms with Crippen LogP contribution in [0.25, 0.3) is 0 Å². The molecule has 0 spiro atoms. The molecule has 1 fully saturated rings. The van der Waals surface area contributed by atoms with Crippen molar-refractivity contribution in [2.75, 3.05) is 0 Å². The van der Waals surface area contributed by atoms with Crippen molar-refractivity contribution >= 4 is 0 Å². The van der Waals surface area contributed by atoms with Gasteiger partial charge in [-0.2, -0.15) is 11.8 Å². The smallest absolute Gasteiger partial charge is 0.0386 e. The maximum absolute atomic E-state index is 2.49. The molecule has 1 rings (SSSR count). The van der Waals surface area contributed by atoms with Gasteiger partial charge in [0.15, 0.2) is 0 Å². The Labute approximate surface area is 77.7 Å². The molecule has 0 aliphatic heterocycles. The first-order chi connectivity index (χ1) is 5.63. The monoisotopic (exact) mass is 167 g/mol. The van der Waals surface area contributed by atoms with Gasteiger partial charge in [0.1, 0.15) is 0 Å². The van der Waals surface area contributed by atoms with E-state index < -0.39 is 0 Å². The van der Waals surface area contributed by atoms with E-state index in [0.717, 1.165) is 23.7 Å². The fourth-order valence-electron chi connectivity index (χ4n) is 2.31. The molecule has 0 heteroatoms. The molecule has 0 saturated heterocycles. The van der Waals surface area contributed by atoms with Crippen molar-refractivity contribution in [3.05, 3.63) is 6.42 Å². The summed E-state index contributed by atoms with van der Waals surface area (Å²) in [6, 6.07) is 0. The summed E-state index contributed by atoms with van der Waals surface area (Å²) in [6.07, 6.45) is 6.84. The Hall–Kier alpha value is 0. The van der Waals surface area contributed by atoms with E-state index in [4.69, 9.17) is 0 Å². The third-order valence-electron chi connectivity index (χ3n) is 2.98. The number of rotatable bonds is 5. The van der Waals surface area contributed by atoms with E-state index >= 15 is 0 Å². The first kappa shape index (κ1) is 10.1. The third kappa shape index (κ3) is 3.16. The van der Waals surface area contributed by atoms with Crippen LogP contribution < -0.4 is 0 Å². The molecular formula is C12H23-. The third-order valence-corrected chi connectivity index (χ3v) is 2.98. The van der Waals surface area contributed by atoms with Gasteiger partial charge >= 0.3 is 0 Å². The Morgan fingerprint density at radius 2 is 1.92 bits per heavy atom. The molecule has 0 aromatic heterocycles. The van der Waals surface area contributed by atoms with Crippen molar-refractivity contribution in [2.45, 2.75) is 47.0 Å². The summed E-state index contributed by atoms with van der Waals surface area (Å²) in [4.78, 5) is 0. The topological polar surface area (TPSA) is 0 Å². The van der Waals surface area contributed by atoms with Gasteiger partial charge in [0.25, 0.3) is 0 Å². The molecule has 0 radical (unpaired) electrons. The second-order valence-corrected chi connectivity index (χ2v) is 4.81. The lowest BCUT2D eigenvalue weighted by Crippen LogP contribution is -2.02. The number of hydrogen-bond donors (Lipinski definition) is 0. The summed E-state index contributed by atoms with van der Waals surface area (Å²) in [5.74, 6) is 3.75. The minimum Gasteiger partial charge on any atom is -0.323 e. The molecule has 0 aromatic carbocycles. The maximum atomic E-state index is 2.49. The Balaban J connectivity index is 2.07. The normalized spacial score (nSPS) is 30.8. The largest absolute Gasteiger partial charge is 0.323 e. The van der Waals surface area contributed by atoms with Crippen LogP contribution in [0.3, 0.4) is 0 Å². The molecule has 0 amide bonds. The molecule has 3 atom stereocenters. The van der Waals surface area contributed by atoms with E-state index in [1.165, 1.54) is 19.3 Å². The van der Waals surface area contributed by atoms with Crippen LogP contribution in [0.1, 0.15) is 47.0 Å². The van der Waals surface area contributed by atoms with Gasteiger partial charge in [-0.25, -0.2) is 0 Å². The van der Waals surface area contributed by atoms with Crippen LogP contribution in [-0.4, -0.2) is 0 Å². The Kier molecular flexibility index (Phi) is 3.61. The highest BCUT2D eigenvalue weighted by Gasteiger charge is 2.34. The van der Waals surface area contributed by atoms with Crippen LogP contribution in [0.15, 0.2) is 0 Å². The van der Waals surface area contributed by atoms with E-state index in [1.807, 2.05) is 0 Å². The van der Waals surface area contributed by atoms with Gasteiger partial charge in [-0.3, -0.25) is 0 Å². The minimum absolute atomic E-state index is 0.763. The van der Waals surface area contributed by atoms with Crippen molar-refractivity contribution in [1.82, 2.24) is 0 Å². The van der Waals surface area contributed by atoms with E-state index in [1.54, 1.807) is 0 Å². The van der Waals surface area contributed by atoms with Crippen LogP contribution in [0.2, 0.25) is 0 Å². The maximum Gasteiger partial charge on any atom is -0.0386 e. The zero-order valence-corrected chi connectivity index (χ0v) is 9.01. The van der Waals surface area contributed by atoms with E-state index in [-0.39, 0.29) is 0 Å². The molecule has 1 aliphatic rings. The van der Waals surface area contributed by atoms with Crippen LogP contribution in [0.5, 0.6) is 0 Å². The van der Waals surface area contributed by atoms with Gasteiger partial charge in [0, 0.05) is 0 Å². The Bertz CT molecular complexity index is 126. The number of hydrogen-bond acceptors (Lipinski definition) is 0. The quantitative estimate of drug-likeness (QED) is 0.544. The lowest BCUT2D eigenvalue weighted by molar-refractivity contribution is 0.483. The highest BCUT2D eigenvalue weighted by molar-refractivity contribution is 4.89. The summed E-state index contributed by atoms with van der Waals surface area (Å²) in [5.41, 5.74) is 0. The molecule has 0 aromatic rings. The Morgan fingerprint density at radius 1 is 1.25 bits per heavy atom. The van der Waals surface area contributed by atoms with Crippen molar-refractivity contribution in [2.24, 2.45) is 23.7 Å². The zero-order valence-electron chi connectivity index (χ0n) is 9.01. The fraction of sp³-hybridized carbons (Fsp3) is 0.917. The predicted octanol–water partition coefficient (Wildman–Crippen LogP) is 3.92. The zero-order chi connectivity index (χ0) is 9.14. The fourth-order valence-corrected chi connectivity index (χ4v) is 2.31.